The van der Waals surface area contributed by atoms with Crippen molar-refractivity contribution in [3.8, 4) is 11.1 Å². The summed E-state index contributed by atoms with van der Waals surface area (Å²) in [7, 11) is 1.95. The van der Waals surface area contributed by atoms with Gasteiger partial charge in [-0.15, -0.1) is 0 Å². The topological polar surface area (TPSA) is 49.4 Å². The van der Waals surface area contributed by atoms with Crippen LogP contribution in [0.3, 0.4) is 0 Å². The number of amides is 1. The van der Waals surface area contributed by atoms with Gasteiger partial charge in [-0.3, -0.25) is 14.5 Å². The molecular formula is C25H26N2O2. The third kappa shape index (κ3) is 5.18. The number of carbonyl (C=O) groups is 2. The number of anilines is 1. The van der Waals surface area contributed by atoms with Crippen molar-refractivity contribution in [1.29, 1.82) is 0 Å². The van der Waals surface area contributed by atoms with Crippen LogP contribution in [0.25, 0.3) is 11.1 Å². The summed E-state index contributed by atoms with van der Waals surface area (Å²) in [4.78, 5) is 26.1. The number of benzene rings is 3. The number of nitrogens with zero attached hydrogens (tertiary/aromatic N) is 1. The van der Waals surface area contributed by atoms with E-state index in [1.165, 1.54) is 23.6 Å². The molecule has 0 spiro atoms. The van der Waals surface area contributed by atoms with Crippen molar-refractivity contribution >= 4 is 17.4 Å². The number of ketones is 1. The largest absolute Gasteiger partial charge is 0.325 e. The third-order valence-corrected chi connectivity index (χ3v) is 5.12. The lowest BCUT2D eigenvalue weighted by Crippen LogP contribution is -2.39. The molecule has 0 bridgehead atoms. The van der Waals surface area contributed by atoms with Crippen LogP contribution < -0.4 is 5.32 Å². The Bertz CT molecular complexity index is 981. The van der Waals surface area contributed by atoms with Gasteiger partial charge >= 0.3 is 0 Å². The first-order valence-electron chi connectivity index (χ1n) is 9.71. The molecular weight excluding hydrogens is 360 g/mol. The van der Waals surface area contributed by atoms with Gasteiger partial charge in [-0.1, -0.05) is 54.6 Å². The van der Waals surface area contributed by atoms with Crippen LogP contribution in [0.1, 0.15) is 29.8 Å². The summed E-state index contributed by atoms with van der Waals surface area (Å²) in [5, 5.41) is 2.93. The van der Waals surface area contributed by atoms with Crippen LogP contribution in [-0.2, 0) is 11.3 Å². The fourth-order valence-electron chi connectivity index (χ4n) is 3.20. The number of Topliss-reactive ketones (excluding diaryl/α,β-unsaturated/α-hetero) is 1. The monoisotopic (exact) mass is 386 g/mol. The Morgan fingerprint density at radius 3 is 2.17 bits per heavy atom. The van der Waals surface area contributed by atoms with Gasteiger partial charge in [0.15, 0.2) is 5.78 Å². The van der Waals surface area contributed by atoms with Gasteiger partial charge in [0.25, 0.3) is 0 Å². The maximum Gasteiger partial charge on any atom is 0.241 e. The molecule has 3 aromatic carbocycles. The average Bonchev–Trinajstić information content (AvgIpc) is 2.74. The van der Waals surface area contributed by atoms with Gasteiger partial charge in [-0.2, -0.15) is 0 Å². The van der Waals surface area contributed by atoms with Crippen molar-refractivity contribution in [2.45, 2.75) is 26.4 Å². The van der Waals surface area contributed by atoms with E-state index in [9.17, 15) is 9.59 Å². The zero-order valence-electron chi connectivity index (χ0n) is 17.1. The van der Waals surface area contributed by atoms with Crippen molar-refractivity contribution in [2.75, 3.05) is 12.4 Å². The Hall–Kier alpha value is -3.24. The van der Waals surface area contributed by atoms with E-state index < -0.39 is 0 Å². The summed E-state index contributed by atoms with van der Waals surface area (Å²) >= 11 is 0. The fourth-order valence-corrected chi connectivity index (χ4v) is 3.20. The minimum Gasteiger partial charge on any atom is -0.325 e. The van der Waals surface area contributed by atoms with E-state index in [0.717, 1.165) is 0 Å². The second-order valence-electron chi connectivity index (χ2n) is 7.24. The Morgan fingerprint density at radius 2 is 1.52 bits per heavy atom. The molecule has 0 aliphatic heterocycles. The van der Waals surface area contributed by atoms with Crippen LogP contribution in [0.5, 0.6) is 0 Å². The second kappa shape index (κ2) is 9.30. The number of carbonyl (C=O) groups excluding carboxylic acids is 2. The maximum absolute atomic E-state index is 12.7. The van der Waals surface area contributed by atoms with E-state index in [1.54, 1.807) is 24.3 Å². The normalized spacial score (nSPS) is 11.9. The summed E-state index contributed by atoms with van der Waals surface area (Å²) < 4.78 is 0. The van der Waals surface area contributed by atoms with E-state index in [-0.39, 0.29) is 17.7 Å². The molecule has 0 aliphatic carbocycles. The minimum atomic E-state index is -0.314. The Morgan fingerprint density at radius 1 is 0.897 bits per heavy atom. The molecule has 0 aliphatic rings. The SMILES string of the molecule is CC(=O)c1ccc(NC(=O)C(C)N(C)Cc2ccccc2-c2ccccc2)cc1. The van der Waals surface area contributed by atoms with Gasteiger partial charge < -0.3 is 5.32 Å². The van der Waals surface area contributed by atoms with Crippen LogP contribution in [0.2, 0.25) is 0 Å². The van der Waals surface area contributed by atoms with Gasteiger partial charge in [0, 0.05) is 17.8 Å². The lowest BCUT2D eigenvalue weighted by Gasteiger charge is -2.25. The molecule has 0 saturated carbocycles. The zero-order valence-corrected chi connectivity index (χ0v) is 17.1. The van der Waals surface area contributed by atoms with Crippen molar-refractivity contribution in [2.24, 2.45) is 0 Å². The Labute approximate surface area is 172 Å². The summed E-state index contributed by atoms with van der Waals surface area (Å²) in [5.74, 6) is -0.0756. The van der Waals surface area contributed by atoms with Crippen LogP contribution >= 0.6 is 0 Å². The zero-order chi connectivity index (χ0) is 20.8. The summed E-state index contributed by atoms with van der Waals surface area (Å²) in [6.45, 7) is 4.07. The molecule has 0 radical (unpaired) electrons. The second-order valence-corrected chi connectivity index (χ2v) is 7.24. The smallest absolute Gasteiger partial charge is 0.241 e. The quantitative estimate of drug-likeness (QED) is 0.580. The number of hydrogen-bond acceptors (Lipinski definition) is 3. The lowest BCUT2D eigenvalue weighted by atomic mass is 9.99. The van der Waals surface area contributed by atoms with Gasteiger partial charge in [0.1, 0.15) is 0 Å². The van der Waals surface area contributed by atoms with Crippen LogP contribution in [0.4, 0.5) is 5.69 Å². The molecule has 0 saturated heterocycles. The Balaban J connectivity index is 1.68. The molecule has 0 heterocycles. The van der Waals surface area contributed by atoms with Gasteiger partial charge in [-0.05, 0) is 61.9 Å². The van der Waals surface area contributed by atoms with Crippen LogP contribution in [0, 0.1) is 0 Å². The molecule has 4 heteroatoms. The maximum atomic E-state index is 12.7. The molecule has 1 atom stereocenters. The van der Waals surface area contributed by atoms with Crippen molar-refractivity contribution in [3.05, 3.63) is 90.0 Å². The van der Waals surface area contributed by atoms with Crippen LogP contribution in [-0.4, -0.2) is 29.7 Å². The highest BCUT2D eigenvalue weighted by atomic mass is 16.2. The minimum absolute atomic E-state index is 0.00746. The fraction of sp³-hybridized carbons (Fsp3) is 0.200. The number of likely N-dealkylation sites (N-methyl/N-ethyl adjacent to an activating group) is 1. The molecule has 1 unspecified atom stereocenters. The molecule has 0 fully saturated rings. The predicted molar refractivity (Wildman–Crippen MR) is 118 cm³/mol. The first-order valence-corrected chi connectivity index (χ1v) is 9.71. The molecule has 148 valence electrons. The highest BCUT2D eigenvalue weighted by Gasteiger charge is 2.19. The number of rotatable bonds is 7. The highest BCUT2D eigenvalue weighted by molar-refractivity contribution is 5.97. The summed E-state index contributed by atoms with van der Waals surface area (Å²) in [6, 6.07) is 25.2. The number of hydrogen-bond donors (Lipinski definition) is 1. The lowest BCUT2D eigenvalue weighted by molar-refractivity contribution is -0.120. The summed E-state index contributed by atoms with van der Waals surface area (Å²) in [5.41, 5.74) is 4.83. The summed E-state index contributed by atoms with van der Waals surface area (Å²) in [6.07, 6.45) is 0. The van der Waals surface area contributed by atoms with Gasteiger partial charge in [0.05, 0.1) is 6.04 Å². The molecule has 1 amide bonds. The van der Waals surface area contributed by atoms with E-state index >= 15 is 0 Å². The van der Waals surface area contributed by atoms with Crippen molar-refractivity contribution < 1.29 is 9.59 Å². The molecule has 1 N–H and O–H groups in total. The predicted octanol–water partition coefficient (Wildman–Crippen LogP) is 5.02. The van der Waals surface area contributed by atoms with E-state index in [4.69, 9.17) is 0 Å². The Kier molecular flexibility index (Phi) is 6.57. The van der Waals surface area contributed by atoms with Crippen molar-refractivity contribution in [1.82, 2.24) is 4.90 Å². The molecule has 0 aromatic heterocycles. The molecule has 29 heavy (non-hydrogen) atoms. The highest BCUT2D eigenvalue weighted by Crippen LogP contribution is 2.25. The van der Waals surface area contributed by atoms with Crippen LogP contribution in [0.15, 0.2) is 78.9 Å². The molecule has 4 nitrogen and oxygen atoms in total. The van der Waals surface area contributed by atoms with E-state index in [0.29, 0.717) is 17.8 Å². The number of nitrogens with one attached hydrogen (secondary N) is 1. The first kappa shape index (κ1) is 20.5. The standard InChI is InChI=1S/C25H26N2O2/c1-18(25(29)26-23-15-13-20(14-16-23)19(2)28)27(3)17-22-11-7-8-12-24(22)21-9-5-4-6-10-21/h4-16,18H,17H2,1-3H3,(H,26,29). The van der Waals surface area contributed by atoms with Gasteiger partial charge in [0.2, 0.25) is 5.91 Å². The first-order chi connectivity index (χ1) is 14.0. The van der Waals surface area contributed by atoms with E-state index in [2.05, 4.69) is 29.6 Å². The third-order valence-electron chi connectivity index (χ3n) is 5.12. The van der Waals surface area contributed by atoms with Crippen molar-refractivity contribution in [3.63, 3.8) is 0 Å². The molecule has 3 aromatic rings. The average molecular weight is 386 g/mol. The van der Waals surface area contributed by atoms with E-state index in [1.807, 2.05) is 49.2 Å². The van der Waals surface area contributed by atoms with Gasteiger partial charge in [-0.25, -0.2) is 0 Å². The molecule has 3 rings (SSSR count).